The van der Waals surface area contributed by atoms with E-state index in [1.807, 2.05) is 6.07 Å². The maximum Gasteiger partial charge on any atom is 0.296 e. The van der Waals surface area contributed by atoms with Gasteiger partial charge in [-0.2, -0.15) is 9.83 Å². The molecule has 1 fully saturated rings. The van der Waals surface area contributed by atoms with Crippen molar-refractivity contribution in [1.82, 2.24) is 5.32 Å². The fourth-order valence-corrected chi connectivity index (χ4v) is 2.90. The largest absolute Gasteiger partial charge is 0.296 e. The van der Waals surface area contributed by atoms with Crippen LogP contribution in [0.3, 0.4) is 0 Å². The molecule has 0 saturated carbocycles. The van der Waals surface area contributed by atoms with Crippen LogP contribution in [0.2, 0.25) is 0 Å². The molecule has 0 aliphatic carbocycles. The molecule has 114 valence electrons. The summed E-state index contributed by atoms with van der Waals surface area (Å²) in [5, 5.41) is 11.6. The SMILES string of the molecule is N#C[C@@H]1C(=O)NC(=O)[C@@H]([n+]2ccccc2)[C@@H]1c1ccc(F)cc1. The van der Waals surface area contributed by atoms with Gasteiger partial charge in [-0.15, -0.1) is 0 Å². The number of aromatic nitrogens is 1. The standard InChI is InChI=1S/C17H12FN3O2/c18-12-6-4-11(5-7-12)14-13(10-19)16(22)20-17(23)15(14)21-8-2-1-3-9-21/h1-9,13-15H/p+1/t13-,14+,15-/m0/s1. The molecule has 1 N–H and O–H groups in total. The number of halogens is 1. The molecule has 1 aliphatic rings. The van der Waals surface area contributed by atoms with Gasteiger partial charge in [-0.3, -0.25) is 14.9 Å². The van der Waals surface area contributed by atoms with E-state index in [-0.39, 0.29) is 0 Å². The molecule has 3 rings (SSSR count). The number of carbonyl (C=O) groups excluding carboxylic acids is 2. The summed E-state index contributed by atoms with van der Waals surface area (Å²) >= 11 is 0. The van der Waals surface area contributed by atoms with E-state index in [2.05, 4.69) is 5.32 Å². The molecule has 0 bridgehead atoms. The number of piperidine rings is 1. The molecule has 6 heteroatoms. The number of nitrogens with zero attached hydrogens (tertiary/aromatic N) is 2. The molecule has 1 saturated heterocycles. The van der Waals surface area contributed by atoms with E-state index in [9.17, 15) is 19.2 Å². The molecule has 0 spiro atoms. The fraction of sp³-hybridized carbons (Fsp3) is 0.176. The first-order valence-corrected chi connectivity index (χ1v) is 7.07. The average molecular weight is 310 g/mol. The Hall–Kier alpha value is -3.07. The lowest BCUT2D eigenvalue weighted by Crippen LogP contribution is -2.59. The lowest BCUT2D eigenvalue weighted by molar-refractivity contribution is -0.713. The van der Waals surface area contributed by atoms with Crippen LogP contribution in [0.4, 0.5) is 4.39 Å². The highest BCUT2D eigenvalue weighted by Crippen LogP contribution is 2.35. The zero-order chi connectivity index (χ0) is 16.4. The van der Waals surface area contributed by atoms with Gasteiger partial charge in [0.05, 0.1) is 12.0 Å². The minimum Gasteiger partial charge on any atom is -0.289 e. The second-order valence-electron chi connectivity index (χ2n) is 5.31. The summed E-state index contributed by atoms with van der Waals surface area (Å²) in [5.41, 5.74) is 0.572. The fourth-order valence-electron chi connectivity index (χ4n) is 2.90. The van der Waals surface area contributed by atoms with E-state index in [1.54, 1.807) is 35.2 Å². The topological polar surface area (TPSA) is 73.8 Å². The van der Waals surface area contributed by atoms with Crippen LogP contribution in [0, 0.1) is 23.1 Å². The minimum absolute atomic E-state index is 0.419. The summed E-state index contributed by atoms with van der Waals surface area (Å²) in [5.74, 6) is -3.24. The van der Waals surface area contributed by atoms with Gasteiger partial charge in [0.25, 0.3) is 5.91 Å². The third-order valence-electron chi connectivity index (χ3n) is 3.95. The molecule has 2 heterocycles. The van der Waals surface area contributed by atoms with Crippen LogP contribution in [0.15, 0.2) is 54.9 Å². The smallest absolute Gasteiger partial charge is 0.289 e. The van der Waals surface area contributed by atoms with Crippen molar-refractivity contribution in [3.05, 3.63) is 66.2 Å². The summed E-state index contributed by atoms with van der Waals surface area (Å²) in [6.45, 7) is 0. The van der Waals surface area contributed by atoms with Gasteiger partial charge in [0.15, 0.2) is 12.4 Å². The molecule has 1 aromatic carbocycles. The molecule has 1 aromatic heterocycles. The Kier molecular flexibility index (Phi) is 3.85. The Morgan fingerprint density at radius 2 is 1.70 bits per heavy atom. The third-order valence-corrected chi connectivity index (χ3v) is 3.95. The molecular formula is C17H13FN3O2+. The lowest BCUT2D eigenvalue weighted by Gasteiger charge is -2.29. The number of rotatable bonds is 2. The van der Waals surface area contributed by atoms with Gasteiger partial charge < -0.3 is 0 Å². The van der Waals surface area contributed by atoms with E-state index < -0.39 is 35.5 Å². The van der Waals surface area contributed by atoms with Crippen molar-refractivity contribution in [2.45, 2.75) is 12.0 Å². The monoisotopic (exact) mass is 310 g/mol. The van der Waals surface area contributed by atoms with Crippen molar-refractivity contribution in [1.29, 1.82) is 5.26 Å². The van der Waals surface area contributed by atoms with Gasteiger partial charge in [0, 0.05) is 12.1 Å². The number of imide groups is 1. The van der Waals surface area contributed by atoms with Crippen LogP contribution in [0.1, 0.15) is 17.5 Å². The zero-order valence-corrected chi connectivity index (χ0v) is 12.0. The van der Waals surface area contributed by atoms with Crippen LogP contribution in [0.25, 0.3) is 0 Å². The van der Waals surface area contributed by atoms with Crippen LogP contribution < -0.4 is 9.88 Å². The van der Waals surface area contributed by atoms with Gasteiger partial charge in [-0.25, -0.2) is 4.39 Å². The molecule has 3 atom stereocenters. The van der Waals surface area contributed by atoms with Crippen molar-refractivity contribution in [3.63, 3.8) is 0 Å². The molecule has 0 unspecified atom stereocenters. The summed E-state index contributed by atoms with van der Waals surface area (Å²) in [7, 11) is 0. The first kappa shape index (κ1) is 14.9. The highest BCUT2D eigenvalue weighted by atomic mass is 19.1. The van der Waals surface area contributed by atoms with Crippen molar-refractivity contribution in [2.75, 3.05) is 0 Å². The Morgan fingerprint density at radius 1 is 1.04 bits per heavy atom. The summed E-state index contributed by atoms with van der Waals surface area (Å²) < 4.78 is 14.8. The van der Waals surface area contributed by atoms with Gasteiger partial charge in [-0.05, 0) is 17.7 Å². The predicted molar refractivity (Wildman–Crippen MR) is 77.1 cm³/mol. The Bertz CT molecular complexity index is 784. The summed E-state index contributed by atoms with van der Waals surface area (Å²) in [4.78, 5) is 24.4. The summed E-state index contributed by atoms with van der Waals surface area (Å²) in [6, 6.07) is 12.0. The number of carbonyl (C=O) groups is 2. The first-order chi connectivity index (χ1) is 11.1. The maximum absolute atomic E-state index is 13.2. The number of hydrogen-bond acceptors (Lipinski definition) is 3. The van der Waals surface area contributed by atoms with E-state index in [0.29, 0.717) is 5.56 Å². The number of hydrogen-bond donors (Lipinski definition) is 1. The van der Waals surface area contributed by atoms with Gasteiger partial charge in [0.2, 0.25) is 11.9 Å². The number of nitrogens with one attached hydrogen (secondary N) is 1. The van der Waals surface area contributed by atoms with Gasteiger partial charge in [0.1, 0.15) is 11.7 Å². The Labute approximate surface area is 132 Å². The average Bonchev–Trinajstić information content (AvgIpc) is 2.56. The van der Waals surface area contributed by atoms with Crippen molar-refractivity contribution in [2.24, 2.45) is 5.92 Å². The quantitative estimate of drug-likeness (QED) is 0.670. The zero-order valence-electron chi connectivity index (χ0n) is 12.0. The Morgan fingerprint density at radius 3 is 2.30 bits per heavy atom. The molecule has 5 nitrogen and oxygen atoms in total. The molecule has 1 aliphatic heterocycles. The second kappa shape index (κ2) is 5.97. The summed E-state index contributed by atoms with van der Waals surface area (Å²) in [6.07, 6.45) is 3.40. The van der Waals surface area contributed by atoms with Crippen LogP contribution >= 0.6 is 0 Å². The van der Waals surface area contributed by atoms with Gasteiger partial charge >= 0.3 is 0 Å². The lowest BCUT2D eigenvalue weighted by atomic mass is 9.77. The van der Waals surface area contributed by atoms with Crippen LogP contribution in [0.5, 0.6) is 0 Å². The predicted octanol–water partition coefficient (Wildman–Crippen LogP) is 1.23. The van der Waals surface area contributed by atoms with Crippen molar-refractivity contribution < 1.29 is 18.5 Å². The van der Waals surface area contributed by atoms with E-state index in [4.69, 9.17) is 0 Å². The third kappa shape index (κ3) is 2.69. The number of nitriles is 1. The molecule has 23 heavy (non-hydrogen) atoms. The molecular weight excluding hydrogens is 297 g/mol. The molecule has 2 aromatic rings. The number of amides is 2. The van der Waals surface area contributed by atoms with Gasteiger partial charge in [-0.1, -0.05) is 18.2 Å². The molecule has 0 radical (unpaired) electrons. The highest BCUT2D eigenvalue weighted by Gasteiger charge is 2.50. The molecule has 2 amide bonds. The van der Waals surface area contributed by atoms with Crippen LogP contribution in [-0.4, -0.2) is 11.8 Å². The maximum atomic E-state index is 13.2. The highest BCUT2D eigenvalue weighted by molar-refractivity contribution is 6.02. The Balaban J connectivity index is 2.13. The van der Waals surface area contributed by atoms with Crippen LogP contribution in [-0.2, 0) is 9.59 Å². The van der Waals surface area contributed by atoms with Crippen molar-refractivity contribution in [3.8, 4) is 6.07 Å². The first-order valence-electron chi connectivity index (χ1n) is 7.07. The number of pyridine rings is 1. The number of benzene rings is 1. The van der Waals surface area contributed by atoms with E-state index in [1.165, 1.54) is 24.3 Å². The second-order valence-corrected chi connectivity index (χ2v) is 5.31. The van der Waals surface area contributed by atoms with E-state index >= 15 is 0 Å². The minimum atomic E-state index is -1.03. The van der Waals surface area contributed by atoms with Crippen molar-refractivity contribution >= 4 is 11.8 Å². The normalized spacial score (nSPS) is 23.9. The van der Waals surface area contributed by atoms with E-state index in [0.717, 1.165) is 0 Å².